The normalized spacial score (nSPS) is 15.5. The number of piperidine rings is 1. The minimum atomic E-state index is -3.71. The molecule has 176 valence electrons. The van der Waals surface area contributed by atoms with Crippen molar-refractivity contribution in [3.8, 4) is 5.75 Å². The SMILES string of the molecule is COc1ccc(N(Cc2cccs2)C(=O)C2CCN(S(=O)(=O)c3c(C)noc3C)CC2)cc1. The Morgan fingerprint density at radius 3 is 2.45 bits per heavy atom. The first-order chi connectivity index (χ1) is 15.8. The van der Waals surface area contributed by atoms with Gasteiger partial charge in [-0.1, -0.05) is 11.2 Å². The number of anilines is 1. The molecule has 0 atom stereocenters. The van der Waals surface area contributed by atoms with Gasteiger partial charge in [-0.3, -0.25) is 4.79 Å². The van der Waals surface area contributed by atoms with Crippen molar-refractivity contribution >= 4 is 33.0 Å². The molecule has 1 amide bonds. The van der Waals surface area contributed by atoms with Gasteiger partial charge in [-0.25, -0.2) is 8.42 Å². The quantitative estimate of drug-likeness (QED) is 0.498. The summed E-state index contributed by atoms with van der Waals surface area (Å²) in [5, 5.41) is 5.77. The molecule has 0 N–H and O–H groups in total. The van der Waals surface area contributed by atoms with E-state index in [4.69, 9.17) is 9.26 Å². The molecule has 2 aromatic heterocycles. The standard InChI is InChI=1S/C23H27N3O5S2/c1-16-22(17(2)31-24-16)33(28,29)25-12-10-18(11-13-25)23(27)26(15-21-5-4-14-32-21)19-6-8-20(30-3)9-7-19/h4-9,14,18H,10-13,15H2,1-3H3. The summed E-state index contributed by atoms with van der Waals surface area (Å²) in [4.78, 5) is 16.6. The Labute approximate surface area is 197 Å². The predicted octanol–water partition coefficient (Wildman–Crippen LogP) is 4.00. The van der Waals surface area contributed by atoms with Crippen LogP contribution in [0, 0.1) is 19.8 Å². The molecule has 1 aromatic carbocycles. The van der Waals surface area contributed by atoms with E-state index in [1.807, 2.05) is 41.8 Å². The fourth-order valence-electron chi connectivity index (χ4n) is 4.15. The first-order valence-electron chi connectivity index (χ1n) is 10.7. The van der Waals surface area contributed by atoms with Crippen LogP contribution in [0.4, 0.5) is 5.69 Å². The monoisotopic (exact) mass is 489 g/mol. The second kappa shape index (κ2) is 9.66. The minimum absolute atomic E-state index is 0.00273. The molecule has 33 heavy (non-hydrogen) atoms. The fourth-order valence-corrected chi connectivity index (χ4v) is 6.61. The molecule has 0 spiro atoms. The zero-order valence-electron chi connectivity index (χ0n) is 18.9. The maximum atomic E-state index is 13.6. The molecular formula is C23H27N3O5S2. The Kier molecular flexibility index (Phi) is 6.87. The summed E-state index contributed by atoms with van der Waals surface area (Å²) in [7, 11) is -2.11. The minimum Gasteiger partial charge on any atom is -0.497 e. The summed E-state index contributed by atoms with van der Waals surface area (Å²) in [5.41, 5.74) is 1.15. The summed E-state index contributed by atoms with van der Waals surface area (Å²) < 4.78 is 38.0. The lowest BCUT2D eigenvalue weighted by Gasteiger charge is -2.33. The lowest BCUT2D eigenvalue weighted by Crippen LogP contribution is -2.44. The molecule has 1 saturated heterocycles. The van der Waals surface area contributed by atoms with Gasteiger partial charge >= 0.3 is 0 Å². The highest BCUT2D eigenvalue weighted by atomic mass is 32.2. The number of sulfonamides is 1. The Balaban J connectivity index is 1.51. The van der Waals surface area contributed by atoms with Crippen molar-refractivity contribution in [1.82, 2.24) is 9.46 Å². The van der Waals surface area contributed by atoms with Crippen LogP contribution in [0.1, 0.15) is 29.2 Å². The van der Waals surface area contributed by atoms with Gasteiger partial charge in [0.2, 0.25) is 15.9 Å². The molecule has 1 aliphatic heterocycles. The summed E-state index contributed by atoms with van der Waals surface area (Å²) >= 11 is 1.60. The van der Waals surface area contributed by atoms with E-state index in [-0.39, 0.29) is 35.6 Å². The lowest BCUT2D eigenvalue weighted by molar-refractivity contribution is -0.123. The van der Waals surface area contributed by atoms with E-state index < -0.39 is 10.0 Å². The van der Waals surface area contributed by atoms with Gasteiger partial charge < -0.3 is 14.2 Å². The molecule has 4 rings (SSSR count). The van der Waals surface area contributed by atoms with Crippen LogP contribution >= 0.6 is 11.3 Å². The van der Waals surface area contributed by atoms with Gasteiger partial charge in [0.05, 0.1) is 13.7 Å². The topological polar surface area (TPSA) is 93.0 Å². The van der Waals surface area contributed by atoms with Gasteiger partial charge in [0.25, 0.3) is 0 Å². The molecule has 0 saturated carbocycles. The number of benzene rings is 1. The smallest absolute Gasteiger partial charge is 0.248 e. The molecule has 3 aromatic rings. The highest BCUT2D eigenvalue weighted by molar-refractivity contribution is 7.89. The molecule has 3 heterocycles. The third-order valence-electron chi connectivity index (χ3n) is 5.91. The molecular weight excluding hydrogens is 462 g/mol. The molecule has 8 nitrogen and oxygen atoms in total. The average Bonchev–Trinajstić information content (AvgIpc) is 3.46. The number of carbonyl (C=O) groups excluding carboxylic acids is 1. The van der Waals surface area contributed by atoms with Crippen molar-refractivity contribution in [3.63, 3.8) is 0 Å². The fraction of sp³-hybridized carbons (Fsp3) is 0.391. The number of aryl methyl sites for hydroxylation is 2. The van der Waals surface area contributed by atoms with Crippen molar-refractivity contribution in [2.75, 3.05) is 25.1 Å². The highest BCUT2D eigenvalue weighted by Gasteiger charge is 2.36. The third-order valence-corrected chi connectivity index (χ3v) is 8.92. The number of nitrogens with zero attached hydrogens (tertiary/aromatic N) is 3. The Morgan fingerprint density at radius 1 is 1.21 bits per heavy atom. The second-order valence-electron chi connectivity index (χ2n) is 8.03. The summed E-state index contributed by atoms with van der Waals surface area (Å²) in [6.45, 7) is 4.24. The molecule has 0 bridgehead atoms. The largest absolute Gasteiger partial charge is 0.497 e. The molecule has 0 aliphatic carbocycles. The Morgan fingerprint density at radius 2 is 1.91 bits per heavy atom. The molecule has 10 heteroatoms. The van der Waals surface area contributed by atoms with Gasteiger partial charge in [0.1, 0.15) is 16.3 Å². The number of hydrogen-bond donors (Lipinski definition) is 0. The molecule has 0 unspecified atom stereocenters. The maximum absolute atomic E-state index is 13.6. The van der Waals surface area contributed by atoms with Crippen molar-refractivity contribution in [3.05, 3.63) is 58.1 Å². The van der Waals surface area contributed by atoms with Crippen molar-refractivity contribution in [1.29, 1.82) is 0 Å². The van der Waals surface area contributed by atoms with Crippen molar-refractivity contribution in [2.45, 2.75) is 38.1 Å². The van der Waals surface area contributed by atoms with Gasteiger partial charge in [-0.15, -0.1) is 11.3 Å². The zero-order valence-corrected chi connectivity index (χ0v) is 20.5. The first kappa shape index (κ1) is 23.5. The molecule has 1 fully saturated rings. The summed E-state index contributed by atoms with van der Waals surface area (Å²) in [5.74, 6) is 0.749. The number of thiophene rings is 1. The van der Waals surface area contributed by atoms with E-state index in [1.165, 1.54) is 4.31 Å². The average molecular weight is 490 g/mol. The van der Waals surface area contributed by atoms with E-state index in [1.54, 1.807) is 37.2 Å². The van der Waals surface area contributed by atoms with Crippen molar-refractivity contribution < 1.29 is 22.5 Å². The first-order valence-corrected chi connectivity index (χ1v) is 13.0. The van der Waals surface area contributed by atoms with Crippen LogP contribution in [-0.4, -0.2) is 44.0 Å². The van der Waals surface area contributed by atoms with Crippen LogP contribution in [-0.2, 0) is 21.4 Å². The van der Waals surface area contributed by atoms with E-state index >= 15 is 0 Å². The van der Waals surface area contributed by atoms with E-state index in [0.717, 1.165) is 16.3 Å². The number of aromatic nitrogens is 1. The van der Waals surface area contributed by atoms with Crippen LogP contribution in [0.5, 0.6) is 5.75 Å². The van der Waals surface area contributed by atoms with E-state index in [0.29, 0.717) is 25.1 Å². The van der Waals surface area contributed by atoms with Gasteiger partial charge in [-0.05, 0) is 62.4 Å². The summed E-state index contributed by atoms with van der Waals surface area (Å²) in [6, 6.07) is 11.4. The number of amides is 1. The number of rotatable bonds is 7. The Hall–Kier alpha value is -2.69. The van der Waals surface area contributed by atoms with E-state index in [2.05, 4.69) is 5.16 Å². The number of ether oxygens (including phenoxy) is 1. The maximum Gasteiger partial charge on any atom is 0.248 e. The van der Waals surface area contributed by atoms with Crippen LogP contribution < -0.4 is 9.64 Å². The second-order valence-corrected chi connectivity index (χ2v) is 10.9. The van der Waals surface area contributed by atoms with Crippen LogP contribution in [0.3, 0.4) is 0 Å². The lowest BCUT2D eigenvalue weighted by atomic mass is 9.96. The Bertz CT molecular complexity index is 1180. The van der Waals surface area contributed by atoms with Crippen molar-refractivity contribution in [2.24, 2.45) is 5.92 Å². The van der Waals surface area contributed by atoms with Crippen LogP contribution in [0.2, 0.25) is 0 Å². The third kappa shape index (κ3) is 4.83. The highest BCUT2D eigenvalue weighted by Crippen LogP contribution is 2.31. The molecule has 0 radical (unpaired) electrons. The predicted molar refractivity (Wildman–Crippen MR) is 126 cm³/mol. The zero-order chi connectivity index (χ0) is 23.6. The van der Waals surface area contributed by atoms with E-state index in [9.17, 15) is 13.2 Å². The molecule has 1 aliphatic rings. The van der Waals surface area contributed by atoms with Gasteiger partial charge in [0, 0.05) is 29.6 Å². The van der Waals surface area contributed by atoms with Crippen LogP contribution in [0.25, 0.3) is 0 Å². The number of hydrogen-bond acceptors (Lipinski definition) is 7. The summed E-state index contributed by atoms with van der Waals surface area (Å²) in [6.07, 6.45) is 0.914. The number of carbonyl (C=O) groups is 1. The number of methoxy groups -OCH3 is 1. The van der Waals surface area contributed by atoms with Gasteiger partial charge in [0.15, 0.2) is 5.76 Å². The van der Waals surface area contributed by atoms with Gasteiger partial charge in [-0.2, -0.15) is 4.31 Å². The van der Waals surface area contributed by atoms with Crippen LogP contribution in [0.15, 0.2) is 51.2 Å².